The molecule has 0 saturated carbocycles. The maximum Gasteiger partial charge on any atom is 0.0216 e. The molecular formula is C14H13Br. The van der Waals surface area contributed by atoms with Gasteiger partial charge in [0, 0.05) is 4.47 Å². The first-order chi connectivity index (χ1) is 7.27. The van der Waals surface area contributed by atoms with E-state index in [1.165, 1.54) is 33.7 Å². The number of rotatable bonds is 0. The van der Waals surface area contributed by atoms with Crippen LogP contribution < -0.4 is 0 Å². The van der Waals surface area contributed by atoms with Crippen molar-refractivity contribution in [1.29, 1.82) is 0 Å². The molecule has 0 amide bonds. The van der Waals surface area contributed by atoms with Crippen LogP contribution >= 0.6 is 15.9 Å². The molecule has 1 atom stereocenters. The molecule has 1 heteroatoms. The largest absolute Gasteiger partial charge is 0.0616 e. The van der Waals surface area contributed by atoms with Crippen LogP contribution in [0.4, 0.5) is 0 Å². The lowest BCUT2D eigenvalue weighted by Gasteiger charge is -2.11. The van der Waals surface area contributed by atoms with E-state index in [4.69, 9.17) is 0 Å². The molecule has 76 valence electrons. The lowest BCUT2D eigenvalue weighted by Crippen LogP contribution is -1.90. The van der Waals surface area contributed by atoms with Gasteiger partial charge in [-0.3, -0.25) is 0 Å². The highest BCUT2D eigenvalue weighted by molar-refractivity contribution is 9.10. The van der Waals surface area contributed by atoms with Crippen LogP contribution in [0.2, 0.25) is 0 Å². The lowest BCUT2D eigenvalue weighted by molar-refractivity contribution is 0.750. The quantitative estimate of drug-likeness (QED) is 0.647. The number of hydrogen-bond donors (Lipinski definition) is 0. The highest BCUT2D eigenvalue weighted by Gasteiger charge is 2.22. The summed E-state index contributed by atoms with van der Waals surface area (Å²) in [5, 5.41) is 2.80. The first-order valence-corrected chi connectivity index (χ1v) is 6.26. The zero-order valence-electron chi connectivity index (χ0n) is 8.76. The van der Waals surface area contributed by atoms with E-state index in [-0.39, 0.29) is 0 Å². The normalized spacial score (nSPS) is 19.5. The third-order valence-corrected chi connectivity index (χ3v) is 4.17. The van der Waals surface area contributed by atoms with Gasteiger partial charge in [0.05, 0.1) is 0 Å². The molecule has 1 unspecified atom stereocenters. The molecule has 2 aromatic rings. The fourth-order valence-corrected chi connectivity index (χ4v) is 3.36. The molecule has 0 bridgehead atoms. The monoisotopic (exact) mass is 260 g/mol. The maximum absolute atomic E-state index is 3.70. The zero-order valence-corrected chi connectivity index (χ0v) is 10.3. The number of halogens is 1. The molecule has 0 spiro atoms. The molecular weight excluding hydrogens is 248 g/mol. The Morgan fingerprint density at radius 2 is 2.07 bits per heavy atom. The minimum Gasteiger partial charge on any atom is -0.0616 e. The van der Waals surface area contributed by atoms with Crippen LogP contribution in [0, 0.1) is 0 Å². The number of benzene rings is 2. The van der Waals surface area contributed by atoms with Crippen LogP contribution in [0.15, 0.2) is 34.8 Å². The summed E-state index contributed by atoms with van der Waals surface area (Å²) in [5.74, 6) is 0.711. The van der Waals surface area contributed by atoms with Crippen molar-refractivity contribution in [2.24, 2.45) is 0 Å². The smallest absolute Gasteiger partial charge is 0.0216 e. The van der Waals surface area contributed by atoms with Gasteiger partial charge in [0.1, 0.15) is 0 Å². The van der Waals surface area contributed by atoms with E-state index < -0.39 is 0 Å². The zero-order chi connectivity index (χ0) is 10.4. The van der Waals surface area contributed by atoms with E-state index in [0.29, 0.717) is 5.92 Å². The Morgan fingerprint density at radius 3 is 2.93 bits per heavy atom. The van der Waals surface area contributed by atoms with Gasteiger partial charge in [-0.05, 0) is 46.7 Å². The van der Waals surface area contributed by atoms with E-state index in [0.717, 1.165) is 0 Å². The molecule has 1 aliphatic rings. The first-order valence-electron chi connectivity index (χ1n) is 5.47. The van der Waals surface area contributed by atoms with Crippen LogP contribution in [0.1, 0.15) is 30.4 Å². The lowest BCUT2D eigenvalue weighted by atomic mass is 9.96. The summed E-state index contributed by atoms with van der Waals surface area (Å²) in [7, 11) is 0. The molecule has 1 aliphatic carbocycles. The van der Waals surface area contributed by atoms with E-state index >= 15 is 0 Å². The summed E-state index contributed by atoms with van der Waals surface area (Å²) in [6.07, 6.45) is 2.52. The van der Waals surface area contributed by atoms with Gasteiger partial charge >= 0.3 is 0 Å². The molecule has 0 aromatic heterocycles. The molecule has 15 heavy (non-hydrogen) atoms. The van der Waals surface area contributed by atoms with Gasteiger partial charge < -0.3 is 0 Å². The predicted octanol–water partition coefficient (Wildman–Crippen LogP) is 4.65. The van der Waals surface area contributed by atoms with Crippen molar-refractivity contribution in [3.05, 3.63) is 45.9 Å². The van der Waals surface area contributed by atoms with Crippen molar-refractivity contribution >= 4 is 26.7 Å². The second-order valence-corrected chi connectivity index (χ2v) is 5.27. The second-order valence-electron chi connectivity index (χ2n) is 4.41. The molecule has 0 radical (unpaired) electrons. The first kappa shape index (κ1) is 9.41. The van der Waals surface area contributed by atoms with Crippen molar-refractivity contribution in [1.82, 2.24) is 0 Å². The van der Waals surface area contributed by atoms with E-state index in [2.05, 4.69) is 53.2 Å². The molecule has 0 nitrogen and oxygen atoms in total. The third-order valence-electron chi connectivity index (χ3n) is 3.47. The second kappa shape index (κ2) is 3.34. The fourth-order valence-electron chi connectivity index (χ4n) is 2.71. The Kier molecular flexibility index (Phi) is 2.10. The fraction of sp³-hybridized carbons (Fsp3) is 0.286. The number of fused-ring (bicyclic) bond motifs is 3. The molecule has 3 rings (SSSR count). The average molecular weight is 261 g/mol. The van der Waals surface area contributed by atoms with Gasteiger partial charge in [-0.25, -0.2) is 0 Å². The predicted molar refractivity (Wildman–Crippen MR) is 68.4 cm³/mol. The van der Waals surface area contributed by atoms with Crippen molar-refractivity contribution in [2.45, 2.75) is 25.7 Å². The van der Waals surface area contributed by atoms with Gasteiger partial charge in [0.15, 0.2) is 0 Å². The Morgan fingerprint density at radius 1 is 1.27 bits per heavy atom. The summed E-state index contributed by atoms with van der Waals surface area (Å²) in [5.41, 5.74) is 3.10. The topological polar surface area (TPSA) is 0 Å². The Labute approximate surface area is 98.4 Å². The van der Waals surface area contributed by atoms with Crippen molar-refractivity contribution in [2.75, 3.05) is 0 Å². The van der Waals surface area contributed by atoms with Crippen LogP contribution in [0.25, 0.3) is 10.8 Å². The summed E-state index contributed by atoms with van der Waals surface area (Å²) >= 11 is 3.70. The van der Waals surface area contributed by atoms with Crippen LogP contribution in [-0.4, -0.2) is 0 Å². The molecule has 0 fully saturated rings. The molecule has 0 saturated heterocycles. The van der Waals surface area contributed by atoms with Gasteiger partial charge in [0.25, 0.3) is 0 Å². The van der Waals surface area contributed by atoms with Crippen LogP contribution in [0.3, 0.4) is 0 Å². The highest BCUT2D eigenvalue weighted by atomic mass is 79.9. The van der Waals surface area contributed by atoms with E-state index in [1.54, 1.807) is 5.56 Å². The third kappa shape index (κ3) is 1.33. The summed E-state index contributed by atoms with van der Waals surface area (Å²) in [6, 6.07) is 11.0. The van der Waals surface area contributed by atoms with Crippen LogP contribution in [0.5, 0.6) is 0 Å². The standard InChI is InChI=1S/C14H13Br/c1-9-6-7-12-13(15)8-10-4-2-3-5-11(10)14(9)12/h2-5,8-9H,6-7H2,1H3. The average Bonchev–Trinajstić information content (AvgIpc) is 2.62. The van der Waals surface area contributed by atoms with Crippen molar-refractivity contribution in [3.63, 3.8) is 0 Å². The van der Waals surface area contributed by atoms with E-state index in [9.17, 15) is 0 Å². The summed E-state index contributed by atoms with van der Waals surface area (Å²) in [6.45, 7) is 2.34. The molecule has 0 aliphatic heterocycles. The van der Waals surface area contributed by atoms with Gasteiger partial charge in [-0.1, -0.05) is 47.1 Å². The molecule has 0 heterocycles. The summed E-state index contributed by atoms with van der Waals surface area (Å²) in [4.78, 5) is 0. The molecule has 0 N–H and O–H groups in total. The molecule has 2 aromatic carbocycles. The van der Waals surface area contributed by atoms with Crippen molar-refractivity contribution in [3.8, 4) is 0 Å². The van der Waals surface area contributed by atoms with Gasteiger partial charge in [-0.2, -0.15) is 0 Å². The van der Waals surface area contributed by atoms with E-state index in [1.807, 2.05) is 0 Å². The summed E-state index contributed by atoms with van der Waals surface area (Å²) < 4.78 is 1.29. The van der Waals surface area contributed by atoms with Gasteiger partial charge in [-0.15, -0.1) is 0 Å². The Bertz CT molecular complexity index is 528. The number of hydrogen-bond acceptors (Lipinski definition) is 0. The SMILES string of the molecule is CC1CCc2c(Br)cc3ccccc3c21. The maximum atomic E-state index is 3.70. The minimum absolute atomic E-state index is 0.711. The Hall–Kier alpha value is -0.820. The van der Waals surface area contributed by atoms with Gasteiger partial charge in [0.2, 0.25) is 0 Å². The van der Waals surface area contributed by atoms with Crippen LogP contribution in [-0.2, 0) is 6.42 Å². The highest BCUT2D eigenvalue weighted by Crippen LogP contribution is 2.41. The van der Waals surface area contributed by atoms with Crippen molar-refractivity contribution < 1.29 is 0 Å². The minimum atomic E-state index is 0.711. The Balaban J connectivity index is 2.45.